The Hall–Kier alpha value is -1.84. The minimum atomic E-state index is -0.984. The second-order valence-corrected chi connectivity index (χ2v) is 3.74. The summed E-state index contributed by atoms with van der Waals surface area (Å²) in [6, 6.07) is 8.88. The normalized spacial score (nSPS) is 14.1. The van der Waals surface area contributed by atoms with Gasteiger partial charge < -0.3 is 10.2 Å². The van der Waals surface area contributed by atoms with Gasteiger partial charge in [-0.05, 0) is 5.56 Å². The first-order valence-corrected chi connectivity index (χ1v) is 5.02. The summed E-state index contributed by atoms with van der Waals surface area (Å²) in [4.78, 5) is 21.6. The van der Waals surface area contributed by atoms with E-state index >= 15 is 0 Å². The molecule has 1 rings (SSSR count). The number of hydrogen-bond acceptors (Lipinski definition) is 2. The number of benzene rings is 1. The lowest BCUT2D eigenvalue weighted by Crippen LogP contribution is -2.21. The van der Waals surface area contributed by atoms with Crippen molar-refractivity contribution in [1.82, 2.24) is 0 Å². The van der Waals surface area contributed by atoms with Gasteiger partial charge in [-0.1, -0.05) is 37.3 Å². The van der Waals surface area contributed by atoms with E-state index < -0.39 is 23.8 Å². The molecule has 1 aromatic rings. The fraction of sp³-hybridized carbons (Fsp3) is 0.333. The topological polar surface area (TPSA) is 74.6 Å². The van der Waals surface area contributed by atoms with E-state index in [1.807, 2.05) is 6.07 Å². The summed E-state index contributed by atoms with van der Waals surface area (Å²) in [6.45, 7) is 1.53. The third-order valence-electron chi connectivity index (χ3n) is 2.62. The van der Waals surface area contributed by atoms with Crippen molar-refractivity contribution in [2.45, 2.75) is 19.3 Å². The van der Waals surface area contributed by atoms with Crippen molar-refractivity contribution in [2.24, 2.45) is 5.92 Å². The van der Waals surface area contributed by atoms with E-state index in [1.165, 1.54) is 6.92 Å². The van der Waals surface area contributed by atoms with Crippen LogP contribution in [0.4, 0.5) is 0 Å². The number of aliphatic carboxylic acids is 2. The van der Waals surface area contributed by atoms with Gasteiger partial charge in [0, 0.05) is 5.92 Å². The molecule has 0 unspecified atom stereocenters. The van der Waals surface area contributed by atoms with Crippen LogP contribution in [0.5, 0.6) is 0 Å². The molecule has 0 saturated heterocycles. The molecule has 0 aromatic heterocycles. The molecule has 0 heterocycles. The van der Waals surface area contributed by atoms with Crippen LogP contribution in [-0.4, -0.2) is 22.2 Å². The fourth-order valence-corrected chi connectivity index (χ4v) is 1.64. The highest BCUT2D eigenvalue weighted by molar-refractivity contribution is 5.74. The van der Waals surface area contributed by atoms with E-state index in [0.29, 0.717) is 0 Å². The zero-order chi connectivity index (χ0) is 12.1. The van der Waals surface area contributed by atoms with Crippen molar-refractivity contribution < 1.29 is 19.8 Å². The van der Waals surface area contributed by atoms with Crippen molar-refractivity contribution in [2.75, 3.05) is 0 Å². The summed E-state index contributed by atoms with van der Waals surface area (Å²) in [5.74, 6) is -3.16. The largest absolute Gasteiger partial charge is 0.481 e. The van der Waals surface area contributed by atoms with Gasteiger partial charge in [0.1, 0.15) is 0 Å². The summed E-state index contributed by atoms with van der Waals surface area (Å²) >= 11 is 0. The van der Waals surface area contributed by atoms with E-state index in [2.05, 4.69) is 0 Å². The number of carboxylic acid groups (broad SMARTS) is 2. The Morgan fingerprint density at radius 2 is 1.75 bits per heavy atom. The average Bonchev–Trinajstić information content (AvgIpc) is 2.26. The molecule has 0 radical (unpaired) electrons. The SMILES string of the molecule is C[C@@H](C(=O)O)[C@H](CC(=O)O)c1ccccc1. The summed E-state index contributed by atoms with van der Waals surface area (Å²) in [6.07, 6.45) is -0.169. The van der Waals surface area contributed by atoms with Gasteiger partial charge in [-0.15, -0.1) is 0 Å². The van der Waals surface area contributed by atoms with Crippen LogP contribution in [0.15, 0.2) is 30.3 Å². The summed E-state index contributed by atoms with van der Waals surface area (Å²) in [7, 11) is 0. The first kappa shape index (κ1) is 12.2. The molecule has 1 aromatic carbocycles. The van der Waals surface area contributed by atoms with E-state index in [1.54, 1.807) is 24.3 Å². The maximum Gasteiger partial charge on any atom is 0.306 e. The number of carboxylic acids is 2. The van der Waals surface area contributed by atoms with Crippen LogP contribution >= 0.6 is 0 Å². The summed E-state index contributed by atoms with van der Waals surface area (Å²) < 4.78 is 0. The van der Waals surface area contributed by atoms with Gasteiger partial charge in [0.2, 0.25) is 0 Å². The predicted octanol–water partition coefficient (Wildman–Crippen LogP) is 1.97. The molecule has 2 atom stereocenters. The summed E-state index contributed by atoms with van der Waals surface area (Å²) in [5, 5.41) is 17.7. The monoisotopic (exact) mass is 222 g/mol. The zero-order valence-electron chi connectivity index (χ0n) is 8.96. The average molecular weight is 222 g/mol. The maximum atomic E-state index is 10.9. The number of hydrogen-bond donors (Lipinski definition) is 2. The van der Waals surface area contributed by atoms with Crippen LogP contribution < -0.4 is 0 Å². The molecule has 0 aliphatic rings. The highest BCUT2D eigenvalue weighted by Crippen LogP contribution is 2.28. The Labute approximate surface area is 93.5 Å². The molecule has 16 heavy (non-hydrogen) atoms. The van der Waals surface area contributed by atoms with Gasteiger partial charge >= 0.3 is 11.9 Å². The Balaban J connectivity index is 2.96. The van der Waals surface area contributed by atoms with Crippen molar-refractivity contribution >= 4 is 11.9 Å². The molecule has 4 heteroatoms. The van der Waals surface area contributed by atoms with Crippen molar-refractivity contribution in [1.29, 1.82) is 0 Å². The van der Waals surface area contributed by atoms with E-state index in [0.717, 1.165) is 5.56 Å². The minimum Gasteiger partial charge on any atom is -0.481 e. The number of carbonyl (C=O) groups is 2. The first-order chi connectivity index (χ1) is 7.52. The standard InChI is InChI=1S/C12H14O4/c1-8(12(15)16)10(7-11(13)14)9-5-3-2-4-6-9/h2-6,8,10H,7H2,1H3,(H,13,14)(H,15,16)/t8-,10+/m1/s1. The molecule has 0 saturated carbocycles. The maximum absolute atomic E-state index is 10.9. The second kappa shape index (κ2) is 5.30. The molecule has 0 aliphatic heterocycles. The molecule has 2 N–H and O–H groups in total. The lowest BCUT2D eigenvalue weighted by Gasteiger charge is -2.19. The Bertz CT molecular complexity index is 372. The third-order valence-corrected chi connectivity index (χ3v) is 2.62. The van der Waals surface area contributed by atoms with Crippen LogP contribution in [-0.2, 0) is 9.59 Å². The molecule has 86 valence electrons. The van der Waals surface area contributed by atoms with E-state index in [-0.39, 0.29) is 6.42 Å². The molecule has 0 amide bonds. The molecule has 4 nitrogen and oxygen atoms in total. The van der Waals surface area contributed by atoms with Crippen LogP contribution in [0.3, 0.4) is 0 Å². The highest BCUT2D eigenvalue weighted by atomic mass is 16.4. The highest BCUT2D eigenvalue weighted by Gasteiger charge is 2.27. The van der Waals surface area contributed by atoms with Crippen LogP contribution in [0, 0.1) is 5.92 Å². The van der Waals surface area contributed by atoms with Crippen molar-refractivity contribution in [3.05, 3.63) is 35.9 Å². The predicted molar refractivity (Wildman–Crippen MR) is 58.2 cm³/mol. The fourth-order valence-electron chi connectivity index (χ4n) is 1.64. The smallest absolute Gasteiger partial charge is 0.306 e. The minimum absolute atomic E-state index is 0.169. The summed E-state index contributed by atoms with van der Waals surface area (Å²) in [5.41, 5.74) is 0.750. The molecular weight excluding hydrogens is 208 g/mol. The number of rotatable bonds is 5. The zero-order valence-corrected chi connectivity index (χ0v) is 8.96. The molecule has 0 aliphatic carbocycles. The third kappa shape index (κ3) is 3.08. The first-order valence-electron chi connectivity index (χ1n) is 5.02. The Kier molecular flexibility index (Phi) is 4.05. The van der Waals surface area contributed by atoms with Crippen molar-refractivity contribution in [3.63, 3.8) is 0 Å². The van der Waals surface area contributed by atoms with Gasteiger partial charge in [-0.2, -0.15) is 0 Å². The van der Waals surface area contributed by atoms with Crippen LogP contribution in [0.1, 0.15) is 24.8 Å². The lowest BCUT2D eigenvalue weighted by molar-refractivity contribution is -0.143. The van der Waals surface area contributed by atoms with Crippen LogP contribution in [0.25, 0.3) is 0 Å². The van der Waals surface area contributed by atoms with Crippen molar-refractivity contribution in [3.8, 4) is 0 Å². The van der Waals surface area contributed by atoms with E-state index in [9.17, 15) is 9.59 Å². The van der Waals surface area contributed by atoms with Gasteiger partial charge in [0.15, 0.2) is 0 Å². The Morgan fingerprint density at radius 3 is 2.19 bits per heavy atom. The molecule has 0 fully saturated rings. The van der Waals surface area contributed by atoms with Gasteiger partial charge in [0.25, 0.3) is 0 Å². The Morgan fingerprint density at radius 1 is 1.19 bits per heavy atom. The van der Waals surface area contributed by atoms with Gasteiger partial charge in [-0.3, -0.25) is 9.59 Å². The lowest BCUT2D eigenvalue weighted by atomic mass is 9.85. The van der Waals surface area contributed by atoms with Gasteiger partial charge in [0.05, 0.1) is 12.3 Å². The molecule has 0 bridgehead atoms. The quantitative estimate of drug-likeness (QED) is 0.798. The molecule has 0 spiro atoms. The van der Waals surface area contributed by atoms with Gasteiger partial charge in [-0.25, -0.2) is 0 Å². The molecular formula is C12H14O4. The van der Waals surface area contributed by atoms with Crippen LogP contribution in [0.2, 0.25) is 0 Å². The van der Waals surface area contributed by atoms with E-state index in [4.69, 9.17) is 10.2 Å². The second-order valence-electron chi connectivity index (χ2n) is 3.74.